The molecule has 0 saturated carbocycles. The zero-order chi connectivity index (χ0) is 10.7. The van der Waals surface area contributed by atoms with Crippen molar-refractivity contribution in [3.8, 4) is 0 Å². The molecule has 1 aliphatic heterocycles. The first-order valence-corrected chi connectivity index (χ1v) is 4.32. The number of aliphatic hydroxyl groups is 2. The number of hydrogen-bond acceptors (Lipinski definition) is 6. The van der Waals surface area contributed by atoms with Gasteiger partial charge < -0.3 is 24.4 Å². The van der Waals surface area contributed by atoms with Gasteiger partial charge in [0.05, 0.1) is 7.11 Å². The predicted octanol–water partition coefficient (Wildman–Crippen LogP) is -1.36. The average Bonchev–Trinajstić information content (AvgIpc) is 2.46. The summed E-state index contributed by atoms with van der Waals surface area (Å²) in [5.41, 5.74) is 0. The first kappa shape index (κ1) is 11.4. The van der Waals surface area contributed by atoms with Gasteiger partial charge in [-0.2, -0.15) is 0 Å². The van der Waals surface area contributed by atoms with E-state index in [9.17, 15) is 15.0 Å². The highest BCUT2D eigenvalue weighted by molar-refractivity contribution is 5.75. The normalized spacial score (nSPS) is 37.1. The lowest BCUT2D eigenvalue weighted by molar-refractivity contribution is -0.180. The maximum absolute atomic E-state index is 11.0. The third-order valence-electron chi connectivity index (χ3n) is 1.98. The topological polar surface area (TPSA) is 85.2 Å². The van der Waals surface area contributed by atoms with E-state index in [0.29, 0.717) is 6.61 Å². The minimum Gasteiger partial charge on any atom is -0.467 e. The molecule has 82 valence electrons. The van der Waals surface area contributed by atoms with E-state index < -0.39 is 30.6 Å². The summed E-state index contributed by atoms with van der Waals surface area (Å²) in [5.74, 6) is -0.723. The summed E-state index contributed by atoms with van der Waals surface area (Å²) in [7, 11) is 1.18. The SMILES string of the molecule is CCO[C@@H]1O[C@H](C(=O)OC)[C@@H](O)[C@H]1O. The van der Waals surface area contributed by atoms with Crippen molar-refractivity contribution < 1.29 is 29.2 Å². The van der Waals surface area contributed by atoms with Gasteiger partial charge in [0, 0.05) is 6.61 Å². The molecule has 6 nitrogen and oxygen atoms in total. The maximum Gasteiger partial charge on any atom is 0.337 e. The van der Waals surface area contributed by atoms with E-state index in [1.807, 2.05) is 0 Å². The van der Waals surface area contributed by atoms with E-state index in [2.05, 4.69) is 4.74 Å². The summed E-state index contributed by atoms with van der Waals surface area (Å²) < 4.78 is 14.3. The quantitative estimate of drug-likeness (QED) is 0.555. The number of carbonyl (C=O) groups excluding carboxylic acids is 1. The average molecular weight is 206 g/mol. The molecule has 1 aliphatic rings. The zero-order valence-corrected chi connectivity index (χ0v) is 8.04. The van der Waals surface area contributed by atoms with Crippen LogP contribution in [0.3, 0.4) is 0 Å². The monoisotopic (exact) mass is 206 g/mol. The van der Waals surface area contributed by atoms with Gasteiger partial charge >= 0.3 is 5.97 Å². The fourth-order valence-electron chi connectivity index (χ4n) is 1.26. The number of esters is 1. The molecule has 14 heavy (non-hydrogen) atoms. The fraction of sp³-hybridized carbons (Fsp3) is 0.875. The molecule has 1 fully saturated rings. The molecule has 0 spiro atoms. The smallest absolute Gasteiger partial charge is 0.337 e. The Morgan fingerprint density at radius 3 is 2.57 bits per heavy atom. The molecule has 0 aromatic carbocycles. The van der Waals surface area contributed by atoms with Crippen molar-refractivity contribution in [2.75, 3.05) is 13.7 Å². The first-order valence-electron chi connectivity index (χ1n) is 4.32. The molecule has 1 rings (SSSR count). The van der Waals surface area contributed by atoms with E-state index >= 15 is 0 Å². The van der Waals surface area contributed by atoms with Crippen LogP contribution in [0, 0.1) is 0 Å². The molecular formula is C8H14O6. The molecule has 4 atom stereocenters. The predicted molar refractivity (Wildman–Crippen MR) is 44.3 cm³/mol. The Labute approximate surface area is 81.4 Å². The minimum atomic E-state index is -1.31. The van der Waals surface area contributed by atoms with E-state index in [1.54, 1.807) is 6.92 Å². The van der Waals surface area contributed by atoms with Gasteiger partial charge in [-0.05, 0) is 6.92 Å². The zero-order valence-electron chi connectivity index (χ0n) is 8.04. The standard InChI is InChI=1S/C8H14O6/c1-3-13-8-5(10)4(9)6(14-8)7(11)12-2/h4-6,8-10H,3H2,1-2H3/t4-,5+,6-,8+/m0/s1. The van der Waals surface area contributed by atoms with Crippen LogP contribution in [0.2, 0.25) is 0 Å². The van der Waals surface area contributed by atoms with Crippen LogP contribution in [0.1, 0.15) is 6.92 Å². The second-order valence-electron chi connectivity index (χ2n) is 2.88. The molecule has 2 N–H and O–H groups in total. The van der Waals surface area contributed by atoms with Crippen LogP contribution in [0.15, 0.2) is 0 Å². The highest BCUT2D eigenvalue weighted by Gasteiger charge is 2.47. The lowest BCUT2D eigenvalue weighted by atomic mass is 10.1. The largest absolute Gasteiger partial charge is 0.467 e. The summed E-state index contributed by atoms with van der Waals surface area (Å²) in [5, 5.41) is 18.8. The summed E-state index contributed by atoms with van der Waals surface area (Å²) in [4.78, 5) is 11.0. The van der Waals surface area contributed by atoms with Crippen LogP contribution in [0.25, 0.3) is 0 Å². The van der Waals surface area contributed by atoms with Crippen molar-refractivity contribution in [2.45, 2.75) is 31.5 Å². The third kappa shape index (κ3) is 2.03. The molecule has 1 saturated heterocycles. The highest BCUT2D eigenvalue weighted by atomic mass is 16.7. The first-order chi connectivity index (χ1) is 6.61. The maximum atomic E-state index is 11.0. The van der Waals surface area contributed by atoms with Gasteiger partial charge in [0.15, 0.2) is 12.4 Å². The summed E-state index contributed by atoms with van der Waals surface area (Å²) in [6, 6.07) is 0. The van der Waals surface area contributed by atoms with Gasteiger partial charge in [-0.25, -0.2) is 4.79 Å². The summed E-state index contributed by atoms with van der Waals surface area (Å²) in [6.45, 7) is 2.04. The van der Waals surface area contributed by atoms with Crippen LogP contribution in [-0.2, 0) is 19.0 Å². The third-order valence-corrected chi connectivity index (χ3v) is 1.98. The Hall–Kier alpha value is -0.690. The number of rotatable bonds is 3. The molecule has 0 aromatic rings. The molecule has 0 radical (unpaired) electrons. The second-order valence-corrected chi connectivity index (χ2v) is 2.88. The number of aliphatic hydroxyl groups excluding tert-OH is 2. The number of methoxy groups -OCH3 is 1. The van der Waals surface area contributed by atoms with Crippen molar-refractivity contribution in [3.63, 3.8) is 0 Å². The minimum absolute atomic E-state index is 0.322. The van der Waals surface area contributed by atoms with Crippen molar-refractivity contribution in [2.24, 2.45) is 0 Å². The Bertz CT molecular complexity index is 206. The number of hydrogen-bond donors (Lipinski definition) is 2. The molecule has 0 aromatic heterocycles. The van der Waals surface area contributed by atoms with Crippen molar-refractivity contribution in [1.82, 2.24) is 0 Å². The summed E-state index contributed by atoms with van der Waals surface area (Å²) >= 11 is 0. The molecule has 1 heterocycles. The van der Waals surface area contributed by atoms with E-state index in [1.165, 1.54) is 7.11 Å². The Kier molecular flexibility index (Phi) is 3.82. The molecular weight excluding hydrogens is 192 g/mol. The number of ether oxygens (including phenoxy) is 3. The van der Waals surface area contributed by atoms with Gasteiger partial charge in [-0.15, -0.1) is 0 Å². The Balaban J connectivity index is 2.61. The van der Waals surface area contributed by atoms with Crippen LogP contribution < -0.4 is 0 Å². The summed E-state index contributed by atoms with van der Waals surface area (Å²) in [6.07, 6.45) is -4.68. The lowest BCUT2D eigenvalue weighted by Gasteiger charge is -2.13. The molecule has 6 heteroatoms. The van der Waals surface area contributed by atoms with Crippen molar-refractivity contribution in [3.05, 3.63) is 0 Å². The van der Waals surface area contributed by atoms with Crippen LogP contribution in [0.4, 0.5) is 0 Å². The van der Waals surface area contributed by atoms with Crippen LogP contribution in [0.5, 0.6) is 0 Å². The van der Waals surface area contributed by atoms with Crippen LogP contribution in [-0.4, -0.2) is 54.5 Å². The molecule has 0 amide bonds. The van der Waals surface area contributed by atoms with Gasteiger partial charge in [-0.1, -0.05) is 0 Å². The molecule has 0 unspecified atom stereocenters. The van der Waals surface area contributed by atoms with Crippen LogP contribution >= 0.6 is 0 Å². The molecule has 0 bridgehead atoms. The van der Waals surface area contributed by atoms with Gasteiger partial charge in [0.1, 0.15) is 12.2 Å². The van der Waals surface area contributed by atoms with Crippen molar-refractivity contribution in [1.29, 1.82) is 0 Å². The lowest BCUT2D eigenvalue weighted by Crippen LogP contribution is -2.37. The molecule has 0 aliphatic carbocycles. The number of carbonyl (C=O) groups is 1. The van der Waals surface area contributed by atoms with E-state index in [0.717, 1.165) is 0 Å². The fourth-order valence-corrected chi connectivity index (χ4v) is 1.26. The van der Waals surface area contributed by atoms with E-state index in [-0.39, 0.29) is 0 Å². The highest BCUT2D eigenvalue weighted by Crippen LogP contribution is 2.22. The Morgan fingerprint density at radius 2 is 2.07 bits per heavy atom. The Morgan fingerprint density at radius 1 is 1.43 bits per heavy atom. The van der Waals surface area contributed by atoms with Gasteiger partial charge in [0.2, 0.25) is 0 Å². The van der Waals surface area contributed by atoms with Crippen molar-refractivity contribution >= 4 is 5.97 Å². The van der Waals surface area contributed by atoms with Gasteiger partial charge in [0.25, 0.3) is 0 Å². The van der Waals surface area contributed by atoms with E-state index in [4.69, 9.17) is 9.47 Å². The van der Waals surface area contributed by atoms with Gasteiger partial charge in [-0.3, -0.25) is 0 Å². The second kappa shape index (κ2) is 4.70.